The van der Waals surface area contributed by atoms with E-state index in [1.807, 2.05) is 18.4 Å². The van der Waals surface area contributed by atoms with Crippen molar-refractivity contribution in [3.63, 3.8) is 0 Å². The summed E-state index contributed by atoms with van der Waals surface area (Å²) in [6.45, 7) is 3.59. The molecule has 1 saturated heterocycles. The van der Waals surface area contributed by atoms with Crippen LogP contribution < -0.4 is 5.32 Å². The Bertz CT molecular complexity index is 1160. The van der Waals surface area contributed by atoms with E-state index in [1.165, 1.54) is 17.0 Å². The molecule has 1 aliphatic rings. The van der Waals surface area contributed by atoms with Crippen LogP contribution in [0.4, 0.5) is 14.9 Å². The number of carbonyl (C=O) groups excluding carboxylic acids is 2. The molecule has 0 saturated carbocycles. The third-order valence-corrected chi connectivity index (χ3v) is 7.36. The Hall–Kier alpha value is -2.94. The maximum atomic E-state index is 13.6. The van der Waals surface area contributed by atoms with E-state index >= 15 is 0 Å². The quantitative estimate of drug-likeness (QED) is 0.365. The molecule has 0 radical (unpaired) electrons. The first kappa shape index (κ1) is 26.1. The number of rotatable bonds is 9. The standard InChI is InChI=1S/C27H29ClFN3O3S/c1-19-12-14-36-25(19)17-31(15-20-4-8-22(29)9-5-20)26(33)18-32(16-24-3-2-13-35-24)27(34)30-23-10-6-21(28)7-11-23/h4-12,14,24H,2-3,13,15-18H2,1H3,(H,30,34)/t24-/m1/s1. The van der Waals surface area contributed by atoms with E-state index in [2.05, 4.69) is 5.32 Å². The van der Waals surface area contributed by atoms with Crippen molar-refractivity contribution in [2.75, 3.05) is 25.0 Å². The highest BCUT2D eigenvalue weighted by atomic mass is 35.5. The summed E-state index contributed by atoms with van der Waals surface area (Å²) >= 11 is 7.55. The van der Waals surface area contributed by atoms with Crippen LogP contribution in [0.5, 0.6) is 0 Å². The summed E-state index contributed by atoms with van der Waals surface area (Å²) in [4.78, 5) is 31.1. The fraction of sp³-hybridized carbons (Fsp3) is 0.333. The van der Waals surface area contributed by atoms with E-state index in [1.54, 1.807) is 52.6 Å². The fourth-order valence-corrected chi connectivity index (χ4v) is 5.08. The summed E-state index contributed by atoms with van der Waals surface area (Å²) in [7, 11) is 0. The van der Waals surface area contributed by atoms with E-state index < -0.39 is 0 Å². The number of anilines is 1. The maximum absolute atomic E-state index is 13.6. The second kappa shape index (κ2) is 12.3. The van der Waals surface area contributed by atoms with Gasteiger partial charge in [0.25, 0.3) is 0 Å². The lowest BCUT2D eigenvalue weighted by Gasteiger charge is -2.29. The van der Waals surface area contributed by atoms with Gasteiger partial charge in [0.1, 0.15) is 12.4 Å². The monoisotopic (exact) mass is 529 g/mol. The minimum absolute atomic E-state index is 0.106. The number of ether oxygens (including phenoxy) is 1. The predicted octanol–water partition coefficient (Wildman–Crippen LogP) is 6.09. The van der Waals surface area contributed by atoms with Gasteiger partial charge < -0.3 is 19.9 Å². The summed E-state index contributed by atoms with van der Waals surface area (Å²) in [5.41, 5.74) is 2.51. The van der Waals surface area contributed by atoms with Crippen molar-refractivity contribution in [2.24, 2.45) is 0 Å². The van der Waals surface area contributed by atoms with Crippen molar-refractivity contribution >= 4 is 40.6 Å². The molecule has 36 heavy (non-hydrogen) atoms. The van der Waals surface area contributed by atoms with Gasteiger partial charge in [-0.3, -0.25) is 4.79 Å². The van der Waals surface area contributed by atoms with Gasteiger partial charge in [-0.2, -0.15) is 0 Å². The van der Waals surface area contributed by atoms with Crippen molar-refractivity contribution in [1.29, 1.82) is 0 Å². The summed E-state index contributed by atoms with van der Waals surface area (Å²) in [6, 6.07) is 14.6. The van der Waals surface area contributed by atoms with Crippen LogP contribution in [0.3, 0.4) is 0 Å². The normalized spacial score (nSPS) is 15.0. The molecule has 0 spiro atoms. The van der Waals surface area contributed by atoms with Gasteiger partial charge in [-0.25, -0.2) is 9.18 Å². The topological polar surface area (TPSA) is 61.9 Å². The third kappa shape index (κ3) is 7.29. The lowest BCUT2D eigenvalue weighted by Crippen LogP contribution is -2.46. The van der Waals surface area contributed by atoms with Crippen LogP contribution in [-0.4, -0.2) is 47.5 Å². The Morgan fingerprint density at radius 2 is 1.83 bits per heavy atom. The lowest BCUT2D eigenvalue weighted by molar-refractivity contribution is -0.133. The zero-order valence-electron chi connectivity index (χ0n) is 20.1. The van der Waals surface area contributed by atoms with Gasteiger partial charge in [0.2, 0.25) is 5.91 Å². The zero-order chi connectivity index (χ0) is 25.5. The number of amides is 3. The molecule has 2 aromatic carbocycles. The molecule has 0 aliphatic carbocycles. The van der Waals surface area contributed by atoms with Gasteiger partial charge >= 0.3 is 6.03 Å². The highest BCUT2D eigenvalue weighted by Crippen LogP contribution is 2.21. The average molecular weight is 530 g/mol. The van der Waals surface area contributed by atoms with Gasteiger partial charge in [0.15, 0.2) is 0 Å². The summed E-state index contributed by atoms with van der Waals surface area (Å²) in [6.07, 6.45) is 1.66. The van der Waals surface area contributed by atoms with E-state index in [0.717, 1.165) is 28.8 Å². The van der Waals surface area contributed by atoms with Crippen LogP contribution in [-0.2, 0) is 22.6 Å². The van der Waals surface area contributed by atoms with E-state index in [-0.39, 0.29) is 30.4 Å². The minimum Gasteiger partial charge on any atom is -0.376 e. The molecule has 1 aromatic heterocycles. The van der Waals surface area contributed by atoms with Gasteiger partial charge in [0.05, 0.1) is 12.6 Å². The molecule has 4 rings (SSSR count). The number of nitrogens with zero attached hydrogens (tertiary/aromatic N) is 2. The zero-order valence-corrected chi connectivity index (χ0v) is 21.7. The first-order valence-electron chi connectivity index (χ1n) is 11.9. The summed E-state index contributed by atoms with van der Waals surface area (Å²) in [5, 5.41) is 5.42. The van der Waals surface area contributed by atoms with Crippen molar-refractivity contribution in [3.8, 4) is 0 Å². The smallest absolute Gasteiger partial charge is 0.322 e. The molecule has 1 N–H and O–H groups in total. The molecule has 9 heteroatoms. The number of hydrogen-bond acceptors (Lipinski definition) is 4. The molecule has 190 valence electrons. The molecular formula is C27H29ClFN3O3S. The van der Waals surface area contributed by atoms with Crippen molar-refractivity contribution < 1.29 is 18.7 Å². The van der Waals surface area contributed by atoms with Gasteiger partial charge in [0, 0.05) is 35.3 Å². The van der Waals surface area contributed by atoms with Crippen LogP contribution in [0.1, 0.15) is 28.8 Å². The Morgan fingerprint density at radius 3 is 2.47 bits per heavy atom. The number of hydrogen-bond donors (Lipinski definition) is 1. The number of nitrogens with one attached hydrogen (secondary N) is 1. The number of urea groups is 1. The SMILES string of the molecule is Cc1ccsc1CN(Cc1ccc(F)cc1)C(=O)CN(C[C@H]1CCCO1)C(=O)Nc1ccc(Cl)cc1. The van der Waals surface area contributed by atoms with Crippen LogP contribution in [0, 0.1) is 12.7 Å². The van der Waals surface area contributed by atoms with E-state index in [0.29, 0.717) is 37.0 Å². The van der Waals surface area contributed by atoms with Gasteiger partial charge in [-0.15, -0.1) is 11.3 Å². The molecular weight excluding hydrogens is 501 g/mol. The second-order valence-electron chi connectivity index (χ2n) is 8.86. The maximum Gasteiger partial charge on any atom is 0.322 e. The first-order valence-corrected chi connectivity index (χ1v) is 13.1. The number of thiophene rings is 1. The van der Waals surface area contributed by atoms with E-state index in [9.17, 15) is 14.0 Å². The molecule has 2 heterocycles. The second-order valence-corrected chi connectivity index (χ2v) is 10.3. The van der Waals surface area contributed by atoms with Crippen molar-refractivity contribution in [1.82, 2.24) is 9.80 Å². The number of carbonyl (C=O) groups is 2. The number of halogens is 2. The van der Waals surface area contributed by atoms with Gasteiger partial charge in [-0.1, -0.05) is 23.7 Å². The summed E-state index contributed by atoms with van der Waals surface area (Å²) in [5.74, 6) is -0.524. The Kier molecular flexibility index (Phi) is 8.96. The van der Waals surface area contributed by atoms with Gasteiger partial charge in [-0.05, 0) is 78.7 Å². The highest BCUT2D eigenvalue weighted by Gasteiger charge is 2.27. The summed E-state index contributed by atoms with van der Waals surface area (Å²) < 4.78 is 19.2. The molecule has 1 atom stereocenters. The van der Waals surface area contributed by atoms with Crippen molar-refractivity contribution in [2.45, 2.75) is 39.0 Å². The van der Waals surface area contributed by atoms with E-state index in [4.69, 9.17) is 16.3 Å². The number of benzene rings is 2. The Morgan fingerprint density at radius 1 is 1.08 bits per heavy atom. The first-order chi connectivity index (χ1) is 17.4. The predicted molar refractivity (Wildman–Crippen MR) is 141 cm³/mol. The van der Waals surface area contributed by atoms with Crippen LogP contribution in [0.25, 0.3) is 0 Å². The van der Waals surface area contributed by atoms with Crippen LogP contribution in [0.15, 0.2) is 60.0 Å². The third-order valence-electron chi connectivity index (χ3n) is 6.10. The van der Waals surface area contributed by atoms with Crippen LogP contribution >= 0.6 is 22.9 Å². The Labute approximate surface area is 219 Å². The molecule has 0 unspecified atom stereocenters. The largest absolute Gasteiger partial charge is 0.376 e. The average Bonchev–Trinajstić information content (AvgIpc) is 3.52. The molecule has 6 nitrogen and oxygen atoms in total. The lowest BCUT2D eigenvalue weighted by atomic mass is 10.2. The fourth-order valence-electron chi connectivity index (χ4n) is 4.03. The highest BCUT2D eigenvalue weighted by molar-refractivity contribution is 7.10. The number of aryl methyl sites for hydroxylation is 1. The molecule has 3 aromatic rings. The minimum atomic E-state index is -0.379. The molecule has 3 amide bonds. The van der Waals surface area contributed by atoms with Crippen LogP contribution in [0.2, 0.25) is 5.02 Å². The van der Waals surface area contributed by atoms with Crippen molar-refractivity contribution in [3.05, 3.63) is 86.8 Å². The Balaban J connectivity index is 1.52. The molecule has 0 bridgehead atoms. The molecule has 1 aliphatic heterocycles. The molecule has 1 fully saturated rings.